The molecule has 0 aliphatic heterocycles. The topological polar surface area (TPSA) is 55.4 Å². The van der Waals surface area contributed by atoms with Gasteiger partial charge in [0, 0.05) is 6.42 Å². The Hall–Kier alpha value is -3.21. The van der Waals surface area contributed by atoms with Gasteiger partial charge in [-0.1, -0.05) is 54.6 Å². The largest absolute Gasteiger partial charge is 0.467 e. The van der Waals surface area contributed by atoms with Crippen LogP contribution < -0.4 is 5.32 Å². The van der Waals surface area contributed by atoms with Crippen LogP contribution in [0.25, 0.3) is 10.8 Å². The van der Waals surface area contributed by atoms with Gasteiger partial charge in [0.15, 0.2) is 0 Å². The van der Waals surface area contributed by atoms with Crippen LogP contribution in [-0.2, 0) is 27.2 Å². The molecule has 3 rings (SSSR count). The predicted molar refractivity (Wildman–Crippen MR) is 102 cm³/mol. The molecule has 0 radical (unpaired) electrons. The first-order valence-corrected chi connectivity index (χ1v) is 8.64. The van der Waals surface area contributed by atoms with Gasteiger partial charge in [-0.2, -0.15) is 0 Å². The highest BCUT2D eigenvalue weighted by atomic mass is 19.1. The molecule has 0 unspecified atom stereocenters. The van der Waals surface area contributed by atoms with Crippen molar-refractivity contribution in [3.8, 4) is 0 Å². The average molecular weight is 365 g/mol. The number of halogens is 1. The van der Waals surface area contributed by atoms with Gasteiger partial charge in [-0.25, -0.2) is 9.18 Å². The number of fused-ring (bicyclic) bond motifs is 1. The van der Waals surface area contributed by atoms with E-state index in [1.54, 1.807) is 12.1 Å². The third-order valence-corrected chi connectivity index (χ3v) is 4.33. The summed E-state index contributed by atoms with van der Waals surface area (Å²) < 4.78 is 18.2. The molecule has 4 nitrogen and oxygen atoms in total. The smallest absolute Gasteiger partial charge is 0.328 e. The standard InChI is InChI=1S/C22H20FNO3/c1-27-22(26)20(13-15-5-4-8-19(23)12-15)24-21(25)14-16-9-10-17-6-2-3-7-18(17)11-16/h2-12,20H,13-14H2,1H3,(H,24,25)/t20-/m0/s1. The second kappa shape index (κ2) is 8.45. The van der Waals surface area contributed by atoms with Crippen LogP contribution in [0, 0.1) is 5.82 Å². The Morgan fingerprint density at radius 2 is 1.74 bits per heavy atom. The lowest BCUT2D eigenvalue weighted by Gasteiger charge is -2.17. The molecule has 1 amide bonds. The Bertz CT molecular complexity index is 970. The highest BCUT2D eigenvalue weighted by molar-refractivity contribution is 5.88. The van der Waals surface area contributed by atoms with E-state index in [2.05, 4.69) is 5.32 Å². The molecular formula is C22H20FNO3. The van der Waals surface area contributed by atoms with Gasteiger partial charge in [-0.05, 0) is 34.0 Å². The van der Waals surface area contributed by atoms with E-state index in [9.17, 15) is 14.0 Å². The Balaban J connectivity index is 1.70. The second-order valence-corrected chi connectivity index (χ2v) is 6.34. The van der Waals surface area contributed by atoms with E-state index in [1.807, 2.05) is 42.5 Å². The third-order valence-electron chi connectivity index (χ3n) is 4.33. The maximum absolute atomic E-state index is 13.4. The van der Waals surface area contributed by atoms with Crippen molar-refractivity contribution in [3.63, 3.8) is 0 Å². The first kappa shape index (κ1) is 18.6. The number of hydrogen-bond acceptors (Lipinski definition) is 3. The first-order chi connectivity index (χ1) is 13.0. The van der Waals surface area contributed by atoms with Crippen LogP contribution in [0.1, 0.15) is 11.1 Å². The molecular weight excluding hydrogens is 345 g/mol. The Kier molecular flexibility index (Phi) is 5.81. The van der Waals surface area contributed by atoms with E-state index in [-0.39, 0.29) is 18.7 Å². The van der Waals surface area contributed by atoms with Gasteiger partial charge >= 0.3 is 5.97 Å². The van der Waals surface area contributed by atoms with Gasteiger partial charge in [-0.15, -0.1) is 0 Å². The lowest BCUT2D eigenvalue weighted by Crippen LogP contribution is -2.43. The summed E-state index contributed by atoms with van der Waals surface area (Å²) in [5.41, 5.74) is 1.46. The van der Waals surface area contributed by atoms with Crippen molar-refractivity contribution in [1.82, 2.24) is 5.32 Å². The summed E-state index contributed by atoms with van der Waals surface area (Å²) in [6.07, 6.45) is 0.301. The lowest BCUT2D eigenvalue weighted by atomic mass is 10.0. The third kappa shape index (κ3) is 4.91. The number of methoxy groups -OCH3 is 1. The number of rotatable bonds is 6. The van der Waals surface area contributed by atoms with Gasteiger partial charge in [0.05, 0.1) is 13.5 Å². The monoisotopic (exact) mass is 365 g/mol. The maximum atomic E-state index is 13.4. The van der Waals surface area contributed by atoms with E-state index in [4.69, 9.17) is 4.74 Å². The van der Waals surface area contributed by atoms with Crippen molar-refractivity contribution in [1.29, 1.82) is 0 Å². The molecule has 1 atom stereocenters. The van der Waals surface area contributed by atoms with E-state index < -0.39 is 17.8 Å². The second-order valence-electron chi connectivity index (χ2n) is 6.34. The van der Waals surface area contributed by atoms with Crippen molar-refractivity contribution in [2.24, 2.45) is 0 Å². The van der Waals surface area contributed by atoms with E-state index >= 15 is 0 Å². The molecule has 0 spiro atoms. The fraction of sp³-hybridized carbons (Fsp3) is 0.182. The molecule has 0 heterocycles. The van der Waals surface area contributed by atoms with Gasteiger partial charge < -0.3 is 10.1 Å². The number of ether oxygens (including phenoxy) is 1. The molecule has 0 fully saturated rings. The van der Waals surface area contributed by atoms with Gasteiger partial charge in [0.1, 0.15) is 11.9 Å². The molecule has 0 saturated heterocycles. The zero-order chi connectivity index (χ0) is 19.2. The van der Waals surface area contributed by atoms with Crippen LogP contribution in [0.2, 0.25) is 0 Å². The number of amides is 1. The summed E-state index contributed by atoms with van der Waals surface area (Å²) >= 11 is 0. The molecule has 0 aliphatic rings. The number of carbonyl (C=O) groups is 2. The fourth-order valence-electron chi connectivity index (χ4n) is 3.01. The average Bonchev–Trinajstić information content (AvgIpc) is 2.66. The molecule has 0 bridgehead atoms. The molecule has 0 aromatic heterocycles. The van der Waals surface area contributed by atoms with Crippen molar-refractivity contribution in [2.45, 2.75) is 18.9 Å². The van der Waals surface area contributed by atoms with Crippen LogP contribution in [-0.4, -0.2) is 25.0 Å². The van der Waals surface area contributed by atoms with Crippen molar-refractivity contribution < 1.29 is 18.7 Å². The molecule has 3 aromatic rings. The van der Waals surface area contributed by atoms with Crippen LogP contribution in [0.3, 0.4) is 0 Å². The molecule has 1 N–H and O–H groups in total. The van der Waals surface area contributed by atoms with Crippen LogP contribution in [0.15, 0.2) is 66.7 Å². The molecule has 27 heavy (non-hydrogen) atoms. The molecule has 138 valence electrons. The molecule has 3 aromatic carbocycles. The SMILES string of the molecule is COC(=O)[C@H](Cc1cccc(F)c1)NC(=O)Cc1ccc2ccccc2c1. The normalized spacial score (nSPS) is 11.8. The molecule has 5 heteroatoms. The van der Waals surface area contributed by atoms with Crippen molar-refractivity contribution in [2.75, 3.05) is 7.11 Å². The Morgan fingerprint density at radius 1 is 0.963 bits per heavy atom. The summed E-state index contributed by atoms with van der Waals surface area (Å²) in [5, 5.41) is 4.84. The fourth-order valence-corrected chi connectivity index (χ4v) is 3.01. The van der Waals surface area contributed by atoms with Crippen molar-refractivity contribution >= 4 is 22.6 Å². The van der Waals surface area contributed by atoms with Gasteiger partial charge in [0.2, 0.25) is 5.91 Å². The Morgan fingerprint density at radius 3 is 2.48 bits per heavy atom. The number of nitrogens with one attached hydrogen (secondary N) is 1. The van der Waals surface area contributed by atoms with E-state index in [1.165, 1.54) is 19.2 Å². The lowest BCUT2D eigenvalue weighted by molar-refractivity contribution is -0.145. The Labute approximate surface area is 157 Å². The zero-order valence-corrected chi connectivity index (χ0v) is 14.9. The van der Waals surface area contributed by atoms with Gasteiger partial charge in [-0.3, -0.25) is 4.79 Å². The number of hydrogen-bond donors (Lipinski definition) is 1. The van der Waals surface area contributed by atoms with E-state index in [0.717, 1.165) is 16.3 Å². The zero-order valence-electron chi connectivity index (χ0n) is 14.9. The summed E-state index contributed by atoms with van der Waals surface area (Å²) in [6.45, 7) is 0. The minimum Gasteiger partial charge on any atom is -0.467 e. The van der Waals surface area contributed by atoms with Gasteiger partial charge in [0.25, 0.3) is 0 Å². The highest BCUT2D eigenvalue weighted by Gasteiger charge is 2.22. The quantitative estimate of drug-likeness (QED) is 0.681. The summed E-state index contributed by atoms with van der Waals surface area (Å²) in [5.74, 6) is -1.25. The number of esters is 1. The van der Waals surface area contributed by atoms with E-state index in [0.29, 0.717) is 5.56 Å². The van der Waals surface area contributed by atoms with Crippen LogP contribution >= 0.6 is 0 Å². The van der Waals surface area contributed by atoms with Crippen LogP contribution in [0.5, 0.6) is 0 Å². The predicted octanol–water partition coefficient (Wildman–Crippen LogP) is 3.42. The summed E-state index contributed by atoms with van der Waals surface area (Å²) in [6, 6.07) is 18.8. The number of benzene rings is 3. The summed E-state index contributed by atoms with van der Waals surface area (Å²) in [4.78, 5) is 24.5. The minimum atomic E-state index is -0.871. The minimum absolute atomic E-state index is 0.140. The maximum Gasteiger partial charge on any atom is 0.328 e. The number of carbonyl (C=O) groups excluding carboxylic acids is 2. The van der Waals surface area contributed by atoms with Crippen molar-refractivity contribution in [3.05, 3.63) is 83.7 Å². The first-order valence-electron chi connectivity index (χ1n) is 8.64. The summed E-state index contributed by atoms with van der Waals surface area (Å²) in [7, 11) is 1.26. The highest BCUT2D eigenvalue weighted by Crippen LogP contribution is 2.16. The molecule has 0 saturated carbocycles. The molecule has 0 aliphatic carbocycles. The van der Waals surface area contributed by atoms with Crippen LogP contribution in [0.4, 0.5) is 4.39 Å².